The molecule has 2 heteroatoms. The van der Waals surface area contributed by atoms with Crippen molar-refractivity contribution in [2.75, 3.05) is 26.2 Å². The lowest BCUT2D eigenvalue weighted by atomic mass is 9.75. The van der Waals surface area contributed by atoms with Gasteiger partial charge in [-0.25, -0.2) is 0 Å². The van der Waals surface area contributed by atoms with Crippen LogP contribution in [0.1, 0.15) is 67.2 Å². The fourth-order valence-electron chi connectivity index (χ4n) is 2.95. The first kappa shape index (κ1) is 17.0. The Balaban J connectivity index is 2.07. The van der Waals surface area contributed by atoms with Gasteiger partial charge in [0.05, 0.1) is 0 Å². The maximum absolute atomic E-state index is 3.57. The highest BCUT2D eigenvalue weighted by Crippen LogP contribution is 2.34. The highest BCUT2D eigenvalue weighted by molar-refractivity contribution is 4.80. The fourth-order valence-corrected chi connectivity index (χ4v) is 2.95. The van der Waals surface area contributed by atoms with Crippen molar-refractivity contribution in [3.05, 3.63) is 0 Å². The van der Waals surface area contributed by atoms with Crippen molar-refractivity contribution in [3.8, 4) is 0 Å². The Morgan fingerprint density at radius 3 is 2.00 bits per heavy atom. The number of rotatable bonds is 5. The molecule has 0 radical (unpaired) electrons. The van der Waals surface area contributed by atoms with E-state index in [1.165, 1.54) is 45.3 Å². The Bertz CT molecular complexity index is 239. The predicted octanol–water partition coefficient (Wildman–Crippen LogP) is 3.91. The summed E-state index contributed by atoms with van der Waals surface area (Å²) in [7, 11) is 0. The quantitative estimate of drug-likeness (QED) is 0.761. The van der Waals surface area contributed by atoms with Crippen molar-refractivity contribution in [3.63, 3.8) is 0 Å². The maximum Gasteiger partial charge on any atom is 0.00965 e. The number of piperidine rings is 1. The van der Waals surface area contributed by atoms with Gasteiger partial charge in [0.25, 0.3) is 0 Å². The van der Waals surface area contributed by atoms with E-state index in [0.29, 0.717) is 5.41 Å². The standard InChI is InChI=1S/C17H36N2/c1-16(2,3)15-9-13-19(14-10-15)12-8-7-11-18-17(4,5)6/h15,18H,7-14H2,1-6H3. The Morgan fingerprint density at radius 1 is 0.947 bits per heavy atom. The molecule has 1 rings (SSSR count). The SMILES string of the molecule is CC(C)(C)NCCCCN1CCC(C(C)(C)C)CC1. The zero-order valence-corrected chi connectivity index (χ0v) is 14.2. The molecule has 1 heterocycles. The molecule has 114 valence electrons. The highest BCUT2D eigenvalue weighted by Gasteiger charge is 2.28. The van der Waals surface area contributed by atoms with Crippen LogP contribution in [-0.2, 0) is 0 Å². The van der Waals surface area contributed by atoms with Gasteiger partial charge >= 0.3 is 0 Å². The van der Waals surface area contributed by atoms with E-state index in [2.05, 4.69) is 51.8 Å². The first-order valence-corrected chi connectivity index (χ1v) is 8.16. The number of hydrogen-bond acceptors (Lipinski definition) is 2. The van der Waals surface area contributed by atoms with E-state index < -0.39 is 0 Å². The molecular weight excluding hydrogens is 232 g/mol. The molecule has 0 spiro atoms. The summed E-state index contributed by atoms with van der Waals surface area (Å²) in [5.41, 5.74) is 0.772. The van der Waals surface area contributed by atoms with Crippen LogP contribution in [0.3, 0.4) is 0 Å². The highest BCUT2D eigenvalue weighted by atomic mass is 15.1. The van der Waals surface area contributed by atoms with Gasteiger partial charge in [0.1, 0.15) is 0 Å². The third-order valence-corrected chi connectivity index (χ3v) is 4.37. The van der Waals surface area contributed by atoms with Crippen LogP contribution in [-0.4, -0.2) is 36.6 Å². The van der Waals surface area contributed by atoms with E-state index in [4.69, 9.17) is 0 Å². The van der Waals surface area contributed by atoms with Crippen LogP contribution in [0.2, 0.25) is 0 Å². The van der Waals surface area contributed by atoms with Gasteiger partial charge in [-0.2, -0.15) is 0 Å². The number of unbranched alkanes of at least 4 members (excludes halogenated alkanes) is 1. The Labute approximate surface area is 121 Å². The minimum atomic E-state index is 0.269. The second-order valence-electron chi connectivity index (χ2n) is 8.37. The molecule has 19 heavy (non-hydrogen) atoms. The second-order valence-corrected chi connectivity index (χ2v) is 8.37. The van der Waals surface area contributed by atoms with E-state index >= 15 is 0 Å². The summed E-state index contributed by atoms with van der Waals surface area (Å²) in [4.78, 5) is 2.67. The maximum atomic E-state index is 3.57. The van der Waals surface area contributed by atoms with Crippen molar-refractivity contribution in [1.82, 2.24) is 10.2 Å². The molecule has 0 amide bonds. The first-order chi connectivity index (χ1) is 8.68. The van der Waals surface area contributed by atoms with Crippen molar-refractivity contribution in [1.29, 1.82) is 0 Å². The lowest BCUT2D eigenvalue weighted by Gasteiger charge is -2.38. The summed E-state index contributed by atoms with van der Waals surface area (Å²) in [5.74, 6) is 0.923. The van der Waals surface area contributed by atoms with E-state index in [1.807, 2.05) is 0 Å². The summed E-state index contributed by atoms with van der Waals surface area (Å²) < 4.78 is 0. The second kappa shape index (κ2) is 7.08. The Hall–Kier alpha value is -0.0800. The molecule has 1 fully saturated rings. The van der Waals surface area contributed by atoms with Gasteiger partial charge in [-0.1, -0.05) is 20.8 Å². The molecule has 0 bridgehead atoms. The summed E-state index contributed by atoms with van der Waals surface area (Å²) in [6, 6.07) is 0. The minimum absolute atomic E-state index is 0.269. The van der Waals surface area contributed by atoms with Crippen molar-refractivity contribution < 1.29 is 0 Å². The molecule has 0 aromatic heterocycles. The van der Waals surface area contributed by atoms with Crippen LogP contribution in [0, 0.1) is 11.3 Å². The number of likely N-dealkylation sites (tertiary alicyclic amines) is 1. The van der Waals surface area contributed by atoms with E-state index in [1.54, 1.807) is 0 Å². The summed E-state index contributed by atoms with van der Waals surface area (Å²) in [6.45, 7) is 19.0. The Kier molecular flexibility index (Phi) is 6.32. The molecule has 0 aromatic carbocycles. The molecule has 0 saturated carbocycles. The molecule has 1 N–H and O–H groups in total. The van der Waals surface area contributed by atoms with Gasteiger partial charge in [0.15, 0.2) is 0 Å². The van der Waals surface area contributed by atoms with Crippen LogP contribution in [0.5, 0.6) is 0 Å². The van der Waals surface area contributed by atoms with Gasteiger partial charge in [-0.05, 0) is 84.0 Å². The molecule has 1 saturated heterocycles. The van der Waals surface area contributed by atoms with E-state index in [0.717, 1.165) is 12.5 Å². The van der Waals surface area contributed by atoms with Crippen LogP contribution >= 0.6 is 0 Å². The topological polar surface area (TPSA) is 15.3 Å². The van der Waals surface area contributed by atoms with Crippen LogP contribution in [0.4, 0.5) is 0 Å². The Morgan fingerprint density at radius 2 is 1.53 bits per heavy atom. The van der Waals surface area contributed by atoms with Gasteiger partial charge in [-0.15, -0.1) is 0 Å². The monoisotopic (exact) mass is 268 g/mol. The number of nitrogens with one attached hydrogen (secondary N) is 1. The summed E-state index contributed by atoms with van der Waals surface area (Å²) >= 11 is 0. The lowest BCUT2D eigenvalue weighted by Crippen LogP contribution is -2.39. The van der Waals surface area contributed by atoms with Gasteiger partial charge in [-0.3, -0.25) is 0 Å². The average molecular weight is 268 g/mol. The van der Waals surface area contributed by atoms with E-state index in [9.17, 15) is 0 Å². The van der Waals surface area contributed by atoms with Crippen molar-refractivity contribution in [2.24, 2.45) is 11.3 Å². The smallest absolute Gasteiger partial charge is 0.00965 e. The molecule has 0 aliphatic carbocycles. The zero-order chi connectivity index (χ0) is 14.5. The third kappa shape index (κ3) is 7.31. The van der Waals surface area contributed by atoms with E-state index in [-0.39, 0.29) is 5.54 Å². The van der Waals surface area contributed by atoms with Gasteiger partial charge in [0.2, 0.25) is 0 Å². The first-order valence-electron chi connectivity index (χ1n) is 8.16. The normalized spacial score (nSPS) is 19.9. The van der Waals surface area contributed by atoms with Gasteiger partial charge < -0.3 is 10.2 Å². The number of nitrogens with zero attached hydrogens (tertiary/aromatic N) is 1. The minimum Gasteiger partial charge on any atom is -0.312 e. The van der Waals surface area contributed by atoms with Crippen molar-refractivity contribution in [2.45, 2.75) is 72.8 Å². The molecule has 1 aliphatic heterocycles. The largest absolute Gasteiger partial charge is 0.312 e. The molecule has 0 atom stereocenters. The molecule has 0 unspecified atom stereocenters. The third-order valence-electron chi connectivity index (χ3n) is 4.37. The lowest BCUT2D eigenvalue weighted by molar-refractivity contribution is 0.111. The fraction of sp³-hybridized carbons (Fsp3) is 1.00. The van der Waals surface area contributed by atoms with Gasteiger partial charge in [0, 0.05) is 5.54 Å². The molecule has 2 nitrogen and oxygen atoms in total. The van der Waals surface area contributed by atoms with Crippen LogP contribution < -0.4 is 5.32 Å². The van der Waals surface area contributed by atoms with Crippen molar-refractivity contribution >= 4 is 0 Å². The average Bonchev–Trinajstić information content (AvgIpc) is 2.26. The number of hydrogen-bond donors (Lipinski definition) is 1. The molecule has 0 aromatic rings. The van der Waals surface area contributed by atoms with Crippen LogP contribution in [0.25, 0.3) is 0 Å². The zero-order valence-electron chi connectivity index (χ0n) is 14.2. The molecular formula is C17H36N2. The van der Waals surface area contributed by atoms with Crippen LogP contribution in [0.15, 0.2) is 0 Å². The summed E-state index contributed by atoms with van der Waals surface area (Å²) in [5, 5.41) is 3.57. The molecule has 1 aliphatic rings. The predicted molar refractivity (Wildman–Crippen MR) is 85.6 cm³/mol. The summed E-state index contributed by atoms with van der Waals surface area (Å²) in [6.07, 6.45) is 5.42.